The van der Waals surface area contributed by atoms with Gasteiger partial charge in [0.05, 0.1) is 11.7 Å². The Hall–Kier alpha value is -4.18. The lowest BCUT2D eigenvalue weighted by Gasteiger charge is -2.32. The van der Waals surface area contributed by atoms with Gasteiger partial charge in [-0.1, -0.05) is 24.3 Å². The second kappa shape index (κ2) is 14.3. The fourth-order valence-corrected chi connectivity index (χ4v) is 6.09. The topological polar surface area (TPSA) is 141 Å². The highest BCUT2D eigenvalue weighted by Gasteiger charge is 2.41. The van der Waals surface area contributed by atoms with Crippen molar-refractivity contribution in [1.82, 2.24) is 10.2 Å². The molecule has 0 bridgehead atoms. The summed E-state index contributed by atoms with van der Waals surface area (Å²) in [7, 11) is 0. The molecule has 1 fully saturated rings. The summed E-state index contributed by atoms with van der Waals surface area (Å²) in [5.41, 5.74) is 2.82. The molecule has 2 aliphatic rings. The van der Waals surface area contributed by atoms with Crippen LogP contribution in [0.2, 0.25) is 0 Å². The van der Waals surface area contributed by atoms with Gasteiger partial charge in [0.2, 0.25) is 0 Å². The van der Waals surface area contributed by atoms with Crippen molar-refractivity contribution >= 4 is 29.4 Å². The minimum atomic E-state index is -1.21. The monoisotopic (exact) mass is 590 g/mol. The zero-order valence-corrected chi connectivity index (χ0v) is 25.3. The van der Waals surface area contributed by atoms with E-state index >= 15 is 0 Å². The first-order valence-electron chi connectivity index (χ1n) is 14.9. The number of allylic oxidation sites excluding steroid dienone is 1. The van der Waals surface area contributed by atoms with E-state index in [1.807, 2.05) is 19.9 Å². The number of aliphatic carboxylic acids is 2. The molecule has 2 aliphatic heterocycles. The Morgan fingerprint density at radius 2 is 1.72 bits per heavy atom. The number of hydrogen-bond acceptors (Lipinski definition) is 6. The lowest BCUT2D eigenvalue weighted by molar-refractivity contribution is -0.140. The van der Waals surface area contributed by atoms with Crippen LogP contribution in [0.25, 0.3) is 0 Å². The summed E-state index contributed by atoms with van der Waals surface area (Å²) in [5.74, 6) is -2.97. The molecular weight excluding hydrogens is 548 g/mol. The van der Waals surface area contributed by atoms with E-state index in [1.165, 1.54) is 5.56 Å². The third-order valence-electron chi connectivity index (χ3n) is 8.05. The van der Waals surface area contributed by atoms with Crippen molar-refractivity contribution in [2.75, 3.05) is 31.5 Å². The number of carbonyl (C=O) groups excluding carboxylic acids is 1. The van der Waals surface area contributed by atoms with Crippen LogP contribution in [0.5, 0.6) is 5.75 Å². The number of nitrogens with zero attached hydrogens (tertiary/aromatic N) is 2. The molecule has 2 aromatic carbocycles. The van der Waals surface area contributed by atoms with E-state index in [2.05, 4.69) is 38.7 Å². The van der Waals surface area contributed by atoms with E-state index in [9.17, 15) is 24.6 Å². The van der Waals surface area contributed by atoms with Crippen molar-refractivity contribution in [3.63, 3.8) is 0 Å². The predicted molar refractivity (Wildman–Crippen MR) is 166 cm³/mol. The number of hydrogen-bond donors (Lipinski definition) is 4. The largest absolute Gasteiger partial charge is 0.491 e. The maximum absolute atomic E-state index is 12.6. The number of nitrogens with one attached hydrogen (secondary N) is 2. The zero-order valence-electron chi connectivity index (χ0n) is 25.3. The first kappa shape index (κ1) is 31.7. The lowest BCUT2D eigenvalue weighted by Crippen LogP contribution is -2.36. The van der Waals surface area contributed by atoms with Crippen molar-refractivity contribution in [2.24, 2.45) is 10.9 Å². The van der Waals surface area contributed by atoms with Gasteiger partial charge in [-0.05, 0) is 108 Å². The van der Waals surface area contributed by atoms with Crippen molar-refractivity contribution in [1.29, 1.82) is 0 Å². The van der Waals surface area contributed by atoms with Crippen LogP contribution < -0.4 is 15.4 Å². The molecule has 0 spiro atoms. The lowest BCUT2D eigenvalue weighted by atomic mass is 9.75. The van der Waals surface area contributed by atoms with Gasteiger partial charge in [0.15, 0.2) is 0 Å². The number of ether oxygens (including phenoxy) is 1. The number of amides is 2. The number of likely N-dealkylation sites (tertiary alicyclic amines) is 1. The van der Waals surface area contributed by atoms with Crippen molar-refractivity contribution < 1.29 is 29.3 Å². The number of urea groups is 1. The Morgan fingerprint density at radius 1 is 1.02 bits per heavy atom. The number of piperidine rings is 1. The van der Waals surface area contributed by atoms with Gasteiger partial charge in [-0.15, -0.1) is 0 Å². The molecule has 10 nitrogen and oxygen atoms in total. The quantitative estimate of drug-likeness (QED) is 0.254. The van der Waals surface area contributed by atoms with E-state index in [4.69, 9.17) is 4.74 Å². The molecule has 4 N–H and O–H groups in total. The maximum Gasteiger partial charge on any atom is 0.334 e. The molecule has 10 heteroatoms. The van der Waals surface area contributed by atoms with E-state index in [0.29, 0.717) is 29.4 Å². The smallest absolute Gasteiger partial charge is 0.334 e. The normalized spacial score (nSPS) is 19.6. The van der Waals surface area contributed by atoms with Gasteiger partial charge in [-0.25, -0.2) is 9.59 Å². The average molecular weight is 591 g/mol. The summed E-state index contributed by atoms with van der Waals surface area (Å²) in [5, 5.41) is 25.4. The summed E-state index contributed by atoms with van der Waals surface area (Å²) in [6.45, 7) is 10.6. The molecule has 43 heavy (non-hydrogen) atoms. The molecule has 230 valence electrons. The Labute approximate surface area is 252 Å². The highest BCUT2D eigenvalue weighted by molar-refractivity contribution is 6.06. The van der Waals surface area contributed by atoms with Crippen LogP contribution in [0, 0.1) is 5.92 Å². The molecule has 2 heterocycles. The van der Waals surface area contributed by atoms with Gasteiger partial charge < -0.3 is 30.5 Å². The number of rotatable bonds is 11. The second-order valence-corrected chi connectivity index (χ2v) is 11.6. The van der Waals surface area contributed by atoms with E-state index in [-0.39, 0.29) is 23.4 Å². The summed E-state index contributed by atoms with van der Waals surface area (Å²) < 4.78 is 5.86. The van der Waals surface area contributed by atoms with Crippen LogP contribution in [0.3, 0.4) is 0 Å². The number of carboxylic acids is 2. The van der Waals surface area contributed by atoms with Crippen LogP contribution in [-0.2, 0) is 9.59 Å². The van der Waals surface area contributed by atoms with E-state index in [1.54, 1.807) is 38.1 Å². The fourth-order valence-electron chi connectivity index (χ4n) is 6.09. The van der Waals surface area contributed by atoms with E-state index < -0.39 is 23.8 Å². The van der Waals surface area contributed by atoms with Crippen molar-refractivity contribution in [3.8, 4) is 5.75 Å². The zero-order chi connectivity index (χ0) is 31.1. The predicted octanol–water partition coefficient (Wildman–Crippen LogP) is 5.48. The Morgan fingerprint density at radius 3 is 2.40 bits per heavy atom. The highest BCUT2D eigenvalue weighted by Crippen LogP contribution is 2.40. The highest BCUT2D eigenvalue weighted by atomic mass is 16.5. The summed E-state index contributed by atoms with van der Waals surface area (Å²) in [6, 6.07) is 14.7. The van der Waals surface area contributed by atoms with Gasteiger partial charge >= 0.3 is 18.0 Å². The molecule has 2 atom stereocenters. The number of carboxylic acid groups (broad SMARTS) is 2. The first-order chi connectivity index (χ1) is 20.5. The molecule has 0 aliphatic carbocycles. The minimum Gasteiger partial charge on any atom is -0.491 e. The molecule has 0 saturated carbocycles. The molecule has 2 amide bonds. The average Bonchev–Trinajstić information content (AvgIpc) is 2.94. The van der Waals surface area contributed by atoms with Crippen LogP contribution in [0.1, 0.15) is 69.9 Å². The molecule has 0 radical (unpaired) electrons. The third-order valence-corrected chi connectivity index (χ3v) is 8.05. The van der Waals surface area contributed by atoms with E-state index in [0.717, 1.165) is 44.6 Å². The summed E-state index contributed by atoms with van der Waals surface area (Å²) >= 11 is 0. The third kappa shape index (κ3) is 8.22. The molecular formula is C33H42N4O6. The van der Waals surface area contributed by atoms with Gasteiger partial charge in [-0.3, -0.25) is 9.79 Å². The van der Waals surface area contributed by atoms with Crippen LogP contribution >= 0.6 is 0 Å². The fraction of sp³-hybridized carbons (Fsp3) is 0.455. The van der Waals surface area contributed by atoms with Gasteiger partial charge in [0.25, 0.3) is 0 Å². The molecule has 0 aromatic heterocycles. The number of aliphatic imine (C=N–C) groups is 1. The maximum atomic E-state index is 12.6. The molecule has 2 aromatic rings. The van der Waals surface area contributed by atoms with Crippen molar-refractivity contribution in [3.05, 3.63) is 70.9 Å². The Bertz CT molecular complexity index is 1390. The van der Waals surface area contributed by atoms with Gasteiger partial charge in [-0.2, -0.15) is 0 Å². The van der Waals surface area contributed by atoms with Gasteiger partial charge in [0.1, 0.15) is 11.7 Å². The van der Waals surface area contributed by atoms with Crippen LogP contribution in [0.15, 0.2) is 64.8 Å². The molecule has 4 rings (SSSR count). The SMILES string of the molecule is CC1=NC(C)=C(C(=O)O)C(c2cccc(NC(=O)NCCCN3CCC(c4cccc(OC(C)C)c4)CC3)c2)C1C(=O)O. The Kier molecular flexibility index (Phi) is 10.6. The standard InChI is InChI=1S/C33H42N4O6/c1-20(2)43-27-11-6-8-24(19-27)23-12-16-37(17-13-23)15-7-14-34-33(42)36-26-10-5-9-25(18-26)30-28(31(38)39)21(3)35-22(4)29(30)32(40)41/h5-6,8-11,18-20,23,28,30H,7,12-17H2,1-4H3,(H,38,39)(H,40,41)(H2,34,36,42). The first-order valence-corrected chi connectivity index (χ1v) is 14.9. The Balaban J connectivity index is 1.26. The molecule has 2 unspecified atom stereocenters. The summed E-state index contributed by atoms with van der Waals surface area (Å²) in [4.78, 5) is 43.4. The number of benzene rings is 2. The second-order valence-electron chi connectivity index (χ2n) is 11.6. The van der Waals surface area contributed by atoms with Crippen LogP contribution in [-0.4, -0.2) is 71.1 Å². The summed E-state index contributed by atoms with van der Waals surface area (Å²) in [6.07, 6.45) is 3.13. The number of anilines is 1. The van der Waals surface area contributed by atoms with Gasteiger partial charge in [0, 0.05) is 29.6 Å². The van der Waals surface area contributed by atoms with Crippen LogP contribution in [0.4, 0.5) is 10.5 Å². The van der Waals surface area contributed by atoms with Crippen molar-refractivity contribution in [2.45, 2.75) is 64.9 Å². The number of carbonyl (C=O) groups is 3. The minimum absolute atomic E-state index is 0.0581. The molecule has 1 saturated heterocycles.